The van der Waals surface area contributed by atoms with Gasteiger partial charge in [0.25, 0.3) is 0 Å². The molecule has 0 unspecified atom stereocenters. The van der Waals surface area contributed by atoms with Crippen molar-refractivity contribution in [1.29, 1.82) is 0 Å². The number of aromatic nitrogens is 1. The Hall–Kier alpha value is -3.34. The highest BCUT2D eigenvalue weighted by atomic mass is 16.5. The van der Waals surface area contributed by atoms with E-state index in [0.717, 1.165) is 40.6 Å². The van der Waals surface area contributed by atoms with Crippen molar-refractivity contribution < 1.29 is 9.53 Å². The minimum absolute atomic E-state index is 0.0859. The second kappa shape index (κ2) is 7.50. The molecule has 0 atom stereocenters. The van der Waals surface area contributed by atoms with Crippen molar-refractivity contribution in [3.63, 3.8) is 0 Å². The predicted molar refractivity (Wildman–Crippen MR) is 106 cm³/mol. The number of nitrogens with one attached hydrogen (secondary N) is 1. The van der Waals surface area contributed by atoms with Crippen molar-refractivity contribution in [1.82, 2.24) is 9.88 Å². The van der Waals surface area contributed by atoms with Gasteiger partial charge in [0.05, 0.1) is 5.69 Å². The summed E-state index contributed by atoms with van der Waals surface area (Å²) in [7, 11) is 0. The maximum atomic E-state index is 11.7. The number of fused-ring (bicyclic) bond motifs is 1. The molecule has 1 amide bonds. The number of pyridine rings is 1. The van der Waals surface area contributed by atoms with Gasteiger partial charge in [-0.15, -0.1) is 0 Å². The van der Waals surface area contributed by atoms with Crippen LogP contribution in [0, 0.1) is 0 Å². The number of carbonyl (C=O) groups excluding carboxylic acids is 1. The third kappa shape index (κ3) is 3.92. The van der Waals surface area contributed by atoms with E-state index in [2.05, 4.69) is 10.3 Å². The average Bonchev–Trinajstić information content (AvgIpc) is 2.91. The molecule has 1 N–H and O–H groups in total. The largest absolute Gasteiger partial charge is 0.457 e. The topological polar surface area (TPSA) is 54.5 Å². The maximum absolute atomic E-state index is 11.7. The molecule has 5 heteroatoms. The van der Waals surface area contributed by atoms with Crippen LogP contribution >= 0.6 is 0 Å². The molecule has 0 fully saturated rings. The Morgan fingerprint density at radius 1 is 1.07 bits per heavy atom. The van der Waals surface area contributed by atoms with E-state index in [-0.39, 0.29) is 5.91 Å². The number of ether oxygens (including phenoxy) is 1. The average molecular weight is 359 g/mol. The number of anilines is 1. The van der Waals surface area contributed by atoms with Crippen molar-refractivity contribution >= 4 is 11.6 Å². The first-order valence-electron chi connectivity index (χ1n) is 9.01. The van der Waals surface area contributed by atoms with Crippen LogP contribution in [0.2, 0.25) is 0 Å². The summed E-state index contributed by atoms with van der Waals surface area (Å²) in [5, 5.41) is 3.41. The summed E-state index contributed by atoms with van der Waals surface area (Å²) in [6.07, 6.45) is 1.85. The van der Waals surface area contributed by atoms with Crippen molar-refractivity contribution in [2.24, 2.45) is 0 Å². The molecule has 136 valence electrons. The van der Waals surface area contributed by atoms with Gasteiger partial charge in [-0.3, -0.25) is 9.78 Å². The molecule has 1 aromatic heterocycles. The van der Waals surface area contributed by atoms with Crippen molar-refractivity contribution in [3.05, 3.63) is 72.4 Å². The summed E-state index contributed by atoms with van der Waals surface area (Å²) in [5.41, 5.74) is 3.99. The molecular weight excluding hydrogens is 338 g/mol. The standard InChI is InChI=1S/C22H21N3O2/c1-16(26)25-12-11-23-22-13-21(24-14-18(22)15-25)17-7-9-20(10-8-17)27-19-5-3-2-4-6-19/h2-10,13-14,23H,11-12,15H2,1H3. The molecule has 0 radical (unpaired) electrons. The third-order valence-electron chi connectivity index (χ3n) is 4.62. The van der Waals surface area contributed by atoms with Gasteiger partial charge in [0.15, 0.2) is 0 Å². The van der Waals surface area contributed by atoms with Crippen LogP contribution in [0.25, 0.3) is 11.3 Å². The molecule has 2 aromatic carbocycles. The highest BCUT2D eigenvalue weighted by Crippen LogP contribution is 2.28. The quantitative estimate of drug-likeness (QED) is 0.757. The summed E-state index contributed by atoms with van der Waals surface area (Å²) in [6.45, 7) is 3.63. The van der Waals surface area contributed by atoms with Gasteiger partial charge in [0, 0.05) is 49.6 Å². The van der Waals surface area contributed by atoms with Crippen molar-refractivity contribution in [2.75, 3.05) is 18.4 Å². The van der Waals surface area contributed by atoms with E-state index in [1.54, 1.807) is 6.92 Å². The lowest BCUT2D eigenvalue weighted by molar-refractivity contribution is -0.129. The summed E-state index contributed by atoms with van der Waals surface area (Å²) in [6, 6.07) is 19.7. The van der Waals surface area contributed by atoms with Gasteiger partial charge in [0.1, 0.15) is 11.5 Å². The van der Waals surface area contributed by atoms with E-state index in [1.807, 2.05) is 71.8 Å². The Kier molecular flexibility index (Phi) is 4.75. The zero-order valence-electron chi connectivity index (χ0n) is 15.2. The second-order valence-electron chi connectivity index (χ2n) is 6.53. The van der Waals surface area contributed by atoms with Gasteiger partial charge in [-0.1, -0.05) is 18.2 Å². The molecule has 0 spiro atoms. The van der Waals surface area contributed by atoms with Gasteiger partial charge in [0.2, 0.25) is 5.91 Å². The lowest BCUT2D eigenvalue weighted by Crippen LogP contribution is -2.30. The fourth-order valence-corrected chi connectivity index (χ4v) is 3.13. The first-order valence-corrected chi connectivity index (χ1v) is 9.01. The van der Waals surface area contributed by atoms with E-state index in [1.165, 1.54) is 0 Å². The first-order chi connectivity index (χ1) is 13.2. The fourth-order valence-electron chi connectivity index (χ4n) is 3.13. The van der Waals surface area contributed by atoms with E-state index >= 15 is 0 Å². The molecule has 0 saturated heterocycles. The van der Waals surface area contributed by atoms with Crippen LogP contribution in [0.5, 0.6) is 11.5 Å². The normalized spacial score (nSPS) is 13.3. The number of hydrogen-bond acceptors (Lipinski definition) is 4. The summed E-state index contributed by atoms with van der Waals surface area (Å²) >= 11 is 0. The Balaban J connectivity index is 1.54. The molecular formula is C22H21N3O2. The van der Waals surface area contributed by atoms with Gasteiger partial charge >= 0.3 is 0 Å². The molecule has 1 aliphatic rings. The van der Waals surface area contributed by atoms with Gasteiger partial charge < -0.3 is 15.0 Å². The molecule has 5 nitrogen and oxygen atoms in total. The van der Waals surface area contributed by atoms with Crippen molar-refractivity contribution in [2.45, 2.75) is 13.5 Å². The number of nitrogens with zero attached hydrogens (tertiary/aromatic N) is 2. The monoisotopic (exact) mass is 359 g/mol. The maximum Gasteiger partial charge on any atom is 0.219 e. The number of para-hydroxylation sites is 1. The smallest absolute Gasteiger partial charge is 0.219 e. The Morgan fingerprint density at radius 3 is 2.56 bits per heavy atom. The summed E-state index contributed by atoms with van der Waals surface area (Å²) in [4.78, 5) is 18.1. The molecule has 1 aliphatic heterocycles. The van der Waals surface area contributed by atoms with E-state index in [9.17, 15) is 4.79 Å². The fraction of sp³-hybridized carbons (Fsp3) is 0.182. The molecule has 3 aromatic rings. The number of carbonyl (C=O) groups is 1. The third-order valence-corrected chi connectivity index (χ3v) is 4.62. The molecule has 0 bridgehead atoms. The summed E-state index contributed by atoms with van der Waals surface area (Å²) in [5.74, 6) is 1.69. The highest BCUT2D eigenvalue weighted by molar-refractivity contribution is 5.74. The SMILES string of the molecule is CC(=O)N1CCNc2cc(-c3ccc(Oc4ccccc4)cc3)ncc2C1. The molecule has 4 rings (SSSR count). The Morgan fingerprint density at radius 2 is 1.81 bits per heavy atom. The zero-order chi connectivity index (χ0) is 18.6. The number of benzene rings is 2. The van der Waals surface area contributed by atoms with E-state index in [4.69, 9.17) is 4.74 Å². The van der Waals surface area contributed by atoms with Gasteiger partial charge in [-0.2, -0.15) is 0 Å². The molecule has 2 heterocycles. The van der Waals surface area contributed by atoms with E-state index < -0.39 is 0 Å². The number of amides is 1. The van der Waals surface area contributed by atoms with Gasteiger partial charge in [-0.25, -0.2) is 0 Å². The second-order valence-corrected chi connectivity index (χ2v) is 6.53. The van der Waals surface area contributed by atoms with Crippen LogP contribution in [-0.2, 0) is 11.3 Å². The minimum Gasteiger partial charge on any atom is -0.457 e. The number of hydrogen-bond donors (Lipinski definition) is 1. The van der Waals surface area contributed by atoms with Crippen LogP contribution in [0.15, 0.2) is 66.9 Å². The Bertz CT molecular complexity index is 940. The lowest BCUT2D eigenvalue weighted by atomic mass is 10.1. The van der Waals surface area contributed by atoms with Gasteiger partial charge in [-0.05, 0) is 42.5 Å². The van der Waals surface area contributed by atoms with Crippen LogP contribution in [0.1, 0.15) is 12.5 Å². The summed E-state index contributed by atoms with van der Waals surface area (Å²) < 4.78 is 5.84. The molecule has 0 aliphatic carbocycles. The van der Waals surface area contributed by atoms with Crippen LogP contribution in [0.4, 0.5) is 5.69 Å². The zero-order valence-corrected chi connectivity index (χ0v) is 15.2. The van der Waals surface area contributed by atoms with Crippen molar-refractivity contribution in [3.8, 4) is 22.8 Å². The lowest BCUT2D eigenvalue weighted by Gasteiger charge is -2.17. The van der Waals surface area contributed by atoms with Crippen LogP contribution in [0.3, 0.4) is 0 Å². The molecule has 0 saturated carbocycles. The first kappa shape index (κ1) is 17.1. The van der Waals surface area contributed by atoms with Crippen LogP contribution in [-0.4, -0.2) is 28.9 Å². The highest BCUT2D eigenvalue weighted by Gasteiger charge is 2.17. The minimum atomic E-state index is 0.0859. The number of rotatable bonds is 3. The Labute approximate surface area is 158 Å². The predicted octanol–water partition coefficient (Wildman–Crippen LogP) is 4.31. The van der Waals surface area contributed by atoms with Crippen LogP contribution < -0.4 is 10.1 Å². The molecule has 27 heavy (non-hydrogen) atoms. The van der Waals surface area contributed by atoms with E-state index in [0.29, 0.717) is 13.1 Å².